The number of nitrogens with zero attached hydrogens (tertiary/aromatic N) is 2. The minimum Gasteiger partial charge on any atom is -0.480 e. The highest BCUT2D eigenvalue weighted by Crippen LogP contribution is 2.29. The molecule has 2 aliphatic rings. The van der Waals surface area contributed by atoms with Crippen molar-refractivity contribution in [3.63, 3.8) is 0 Å². The summed E-state index contributed by atoms with van der Waals surface area (Å²) in [6, 6.07) is 2.56. The zero-order valence-electron chi connectivity index (χ0n) is 12.2. The lowest BCUT2D eigenvalue weighted by Gasteiger charge is -2.21. The Balaban J connectivity index is 2.05. The molecule has 2 aliphatic heterocycles. The van der Waals surface area contributed by atoms with E-state index in [-0.39, 0.29) is 29.0 Å². The standard InChI is InChI=1S/C14H14N2O6S/c1-15-12(17)9-5-4-8(7-10(9)13(15)18)23(21,22)16-6-2-3-11(16)14(19)20/h4-5,7,11H,2-3,6H2,1H3,(H,19,20)/t11-/m0/s1. The molecule has 1 aromatic carbocycles. The highest BCUT2D eigenvalue weighted by Gasteiger charge is 2.41. The Bertz CT molecular complexity index is 832. The van der Waals surface area contributed by atoms with Crippen LogP contribution in [0.3, 0.4) is 0 Å². The number of benzene rings is 1. The molecule has 0 bridgehead atoms. The third-order valence-corrected chi connectivity index (χ3v) is 6.06. The highest BCUT2D eigenvalue weighted by molar-refractivity contribution is 7.89. The summed E-state index contributed by atoms with van der Waals surface area (Å²) in [6.07, 6.45) is 0.709. The molecule has 0 aliphatic carbocycles. The van der Waals surface area contributed by atoms with Gasteiger partial charge < -0.3 is 5.11 Å². The zero-order chi connectivity index (χ0) is 16.9. The molecule has 0 aromatic heterocycles. The van der Waals surface area contributed by atoms with Gasteiger partial charge in [-0.05, 0) is 31.0 Å². The van der Waals surface area contributed by atoms with Crippen LogP contribution in [0, 0.1) is 0 Å². The Morgan fingerprint density at radius 3 is 2.52 bits per heavy atom. The summed E-state index contributed by atoms with van der Waals surface area (Å²) in [5, 5.41) is 9.15. The van der Waals surface area contributed by atoms with Gasteiger partial charge in [-0.1, -0.05) is 0 Å². The molecule has 0 radical (unpaired) electrons. The lowest BCUT2D eigenvalue weighted by atomic mass is 10.1. The van der Waals surface area contributed by atoms with E-state index in [1.54, 1.807) is 0 Å². The molecule has 1 aromatic rings. The second-order valence-corrected chi connectivity index (χ2v) is 7.38. The number of hydrogen-bond acceptors (Lipinski definition) is 5. The fraction of sp³-hybridized carbons (Fsp3) is 0.357. The topological polar surface area (TPSA) is 112 Å². The molecular formula is C14H14N2O6S. The first-order valence-corrected chi connectivity index (χ1v) is 8.40. The Morgan fingerprint density at radius 2 is 1.87 bits per heavy atom. The van der Waals surface area contributed by atoms with Crippen molar-refractivity contribution < 1.29 is 27.9 Å². The molecule has 122 valence electrons. The van der Waals surface area contributed by atoms with Gasteiger partial charge in [0.1, 0.15) is 6.04 Å². The first-order valence-electron chi connectivity index (χ1n) is 6.96. The molecule has 1 saturated heterocycles. The number of carboxylic acids is 1. The quantitative estimate of drug-likeness (QED) is 0.785. The molecule has 3 rings (SSSR count). The Labute approximate surface area is 132 Å². The van der Waals surface area contributed by atoms with E-state index in [0.29, 0.717) is 6.42 Å². The molecule has 2 heterocycles. The summed E-state index contributed by atoms with van der Waals surface area (Å²) in [5.74, 6) is -2.25. The maximum atomic E-state index is 12.7. The minimum absolute atomic E-state index is 0.0182. The number of hydrogen-bond donors (Lipinski definition) is 1. The predicted molar refractivity (Wildman–Crippen MR) is 77.4 cm³/mol. The molecule has 1 atom stereocenters. The number of sulfonamides is 1. The van der Waals surface area contributed by atoms with Crippen molar-refractivity contribution >= 4 is 27.8 Å². The first kappa shape index (κ1) is 15.6. The van der Waals surface area contributed by atoms with E-state index in [4.69, 9.17) is 5.11 Å². The number of imide groups is 1. The van der Waals surface area contributed by atoms with Gasteiger partial charge in [0, 0.05) is 13.6 Å². The number of amides is 2. The van der Waals surface area contributed by atoms with Crippen LogP contribution in [0.15, 0.2) is 23.1 Å². The highest BCUT2D eigenvalue weighted by atomic mass is 32.2. The summed E-state index contributed by atoms with van der Waals surface area (Å²) in [6.45, 7) is 0.114. The van der Waals surface area contributed by atoms with Gasteiger partial charge in [-0.15, -0.1) is 0 Å². The first-order chi connectivity index (χ1) is 10.7. The maximum Gasteiger partial charge on any atom is 0.322 e. The largest absolute Gasteiger partial charge is 0.480 e. The Morgan fingerprint density at radius 1 is 1.22 bits per heavy atom. The fourth-order valence-electron chi connectivity index (χ4n) is 2.91. The van der Waals surface area contributed by atoms with Crippen LogP contribution >= 0.6 is 0 Å². The van der Waals surface area contributed by atoms with Crippen LogP contribution in [0.2, 0.25) is 0 Å². The van der Waals surface area contributed by atoms with Crippen LogP contribution in [0.4, 0.5) is 0 Å². The maximum absolute atomic E-state index is 12.7. The summed E-state index contributed by atoms with van der Waals surface area (Å²) >= 11 is 0. The number of aliphatic carboxylic acids is 1. The SMILES string of the molecule is CN1C(=O)c2ccc(S(=O)(=O)N3CCC[C@H]3C(=O)O)cc2C1=O. The molecule has 2 amide bonds. The van der Waals surface area contributed by atoms with Crippen molar-refractivity contribution in [3.8, 4) is 0 Å². The average Bonchev–Trinajstić information content (AvgIpc) is 3.09. The van der Waals surface area contributed by atoms with E-state index in [1.807, 2.05) is 0 Å². The van der Waals surface area contributed by atoms with E-state index in [2.05, 4.69) is 0 Å². The monoisotopic (exact) mass is 338 g/mol. The smallest absolute Gasteiger partial charge is 0.322 e. The molecule has 23 heavy (non-hydrogen) atoms. The fourth-order valence-corrected chi connectivity index (χ4v) is 4.59. The van der Waals surface area contributed by atoms with Crippen LogP contribution < -0.4 is 0 Å². The van der Waals surface area contributed by atoms with E-state index in [9.17, 15) is 22.8 Å². The predicted octanol–water partition coefficient (Wildman–Crippen LogP) is 0.150. The van der Waals surface area contributed by atoms with Gasteiger partial charge in [0.05, 0.1) is 16.0 Å². The van der Waals surface area contributed by atoms with Crippen LogP contribution in [-0.4, -0.2) is 60.1 Å². The van der Waals surface area contributed by atoms with Gasteiger partial charge in [0.15, 0.2) is 0 Å². The molecule has 0 spiro atoms. The van der Waals surface area contributed by atoms with E-state index >= 15 is 0 Å². The molecule has 1 fully saturated rings. The molecule has 1 N–H and O–H groups in total. The number of fused-ring (bicyclic) bond motifs is 1. The second kappa shape index (κ2) is 5.14. The number of carbonyl (C=O) groups excluding carboxylic acids is 2. The average molecular weight is 338 g/mol. The van der Waals surface area contributed by atoms with Crippen LogP contribution in [-0.2, 0) is 14.8 Å². The van der Waals surface area contributed by atoms with E-state index in [1.165, 1.54) is 19.2 Å². The van der Waals surface area contributed by atoms with Crippen LogP contribution in [0.25, 0.3) is 0 Å². The Kier molecular flexibility index (Phi) is 3.49. The summed E-state index contributed by atoms with van der Waals surface area (Å²) in [5.41, 5.74) is 0.164. The zero-order valence-corrected chi connectivity index (χ0v) is 13.0. The molecule has 0 unspecified atom stereocenters. The van der Waals surface area contributed by atoms with Crippen LogP contribution in [0.5, 0.6) is 0 Å². The van der Waals surface area contributed by atoms with Gasteiger partial charge >= 0.3 is 5.97 Å². The van der Waals surface area contributed by atoms with E-state index in [0.717, 1.165) is 15.3 Å². The van der Waals surface area contributed by atoms with Crippen molar-refractivity contribution in [3.05, 3.63) is 29.3 Å². The van der Waals surface area contributed by atoms with Crippen molar-refractivity contribution in [1.29, 1.82) is 0 Å². The third kappa shape index (κ3) is 2.23. The lowest BCUT2D eigenvalue weighted by Crippen LogP contribution is -2.40. The summed E-state index contributed by atoms with van der Waals surface area (Å²) < 4.78 is 26.3. The second-order valence-electron chi connectivity index (χ2n) is 5.49. The lowest BCUT2D eigenvalue weighted by molar-refractivity contribution is -0.140. The van der Waals surface area contributed by atoms with Gasteiger partial charge in [0.2, 0.25) is 10.0 Å². The van der Waals surface area contributed by atoms with Gasteiger partial charge in [-0.3, -0.25) is 19.3 Å². The normalized spacial score (nSPS) is 21.8. The summed E-state index contributed by atoms with van der Waals surface area (Å²) in [7, 11) is -2.72. The molecule has 8 nitrogen and oxygen atoms in total. The van der Waals surface area contributed by atoms with Crippen molar-refractivity contribution in [1.82, 2.24) is 9.21 Å². The number of carboxylic acid groups (broad SMARTS) is 1. The van der Waals surface area contributed by atoms with Crippen LogP contribution in [0.1, 0.15) is 33.6 Å². The number of rotatable bonds is 3. The number of carbonyl (C=O) groups is 3. The molecular weight excluding hydrogens is 324 g/mol. The molecule has 9 heteroatoms. The molecule has 0 saturated carbocycles. The van der Waals surface area contributed by atoms with Crippen molar-refractivity contribution in [2.45, 2.75) is 23.8 Å². The van der Waals surface area contributed by atoms with Gasteiger partial charge in [-0.25, -0.2) is 8.42 Å². The van der Waals surface area contributed by atoms with Gasteiger partial charge in [-0.2, -0.15) is 4.31 Å². The summed E-state index contributed by atoms with van der Waals surface area (Å²) in [4.78, 5) is 35.8. The third-order valence-electron chi connectivity index (χ3n) is 4.16. The minimum atomic E-state index is -4.04. The van der Waals surface area contributed by atoms with E-state index < -0.39 is 33.8 Å². The van der Waals surface area contributed by atoms with Crippen molar-refractivity contribution in [2.75, 3.05) is 13.6 Å². The van der Waals surface area contributed by atoms with Crippen molar-refractivity contribution in [2.24, 2.45) is 0 Å². The van der Waals surface area contributed by atoms with Gasteiger partial charge in [0.25, 0.3) is 11.8 Å². The Hall–Kier alpha value is -2.26.